The fraction of sp³-hybridized carbons (Fsp3) is 0.167. The standard InChI is InChI=1S/C18H14ClNO7/c19-13-2-4-14(5-3-13)24-7-8-25-18(21)6-1-12-9-16-17(27-11-26-16)10-15(12)20(22)23/h1-6,9-10H,7-8,11H2/b6-1+. The first-order chi connectivity index (χ1) is 13.0. The van der Waals surface area contributed by atoms with E-state index in [0.29, 0.717) is 22.3 Å². The topological polar surface area (TPSA) is 97.1 Å². The maximum atomic E-state index is 11.8. The van der Waals surface area contributed by atoms with Crippen LogP contribution in [0.15, 0.2) is 42.5 Å². The molecular weight excluding hydrogens is 378 g/mol. The van der Waals surface area contributed by atoms with Crippen molar-refractivity contribution in [2.24, 2.45) is 0 Å². The summed E-state index contributed by atoms with van der Waals surface area (Å²) in [6.45, 7) is 0.176. The number of carbonyl (C=O) groups is 1. The van der Waals surface area contributed by atoms with E-state index in [1.54, 1.807) is 24.3 Å². The average Bonchev–Trinajstić information content (AvgIpc) is 3.11. The first-order valence-electron chi connectivity index (χ1n) is 7.84. The summed E-state index contributed by atoms with van der Waals surface area (Å²) >= 11 is 5.77. The van der Waals surface area contributed by atoms with Crippen LogP contribution in [0.4, 0.5) is 5.69 Å². The van der Waals surface area contributed by atoms with Crippen molar-refractivity contribution in [2.75, 3.05) is 20.0 Å². The van der Waals surface area contributed by atoms with Gasteiger partial charge in [0.1, 0.15) is 19.0 Å². The molecule has 2 aromatic rings. The van der Waals surface area contributed by atoms with E-state index < -0.39 is 10.9 Å². The molecule has 0 atom stereocenters. The summed E-state index contributed by atoms with van der Waals surface area (Å²) in [5, 5.41) is 11.8. The van der Waals surface area contributed by atoms with Crippen LogP contribution >= 0.6 is 11.6 Å². The molecule has 1 aliphatic rings. The van der Waals surface area contributed by atoms with Crippen molar-refractivity contribution in [3.05, 3.63) is 63.2 Å². The van der Waals surface area contributed by atoms with Gasteiger partial charge in [-0.1, -0.05) is 11.6 Å². The van der Waals surface area contributed by atoms with Crippen LogP contribution in [0.3, 0.4) is 0 Å². The number of esters is 1. The molecule has 0 aliphatic carbocycles. The highest BCUT2D eigenvalue weighted by molar-refractivity contribution is 6.30. The van der Waals surface area contributed by atoms with Gasteiger partial charge in [0.05, 0.1) is 16.6 Å². The van der Waals surface area contributed by atoms with E-state index in [4.69, 9.17) is 30.5 Å². The highest BCUT2D eigenvalue weighted by Crippen LogP contribution is 2.38. The van der Waals surface area contributed by atoms with Gasteiger partial charge in [0, 0.05) is 11.1 Å². The van der Waals surface area contributed by atoms with Crippen LogP contribution in [-0.4, -0.2) is 30.9 Å². The molecule has 0 spiro atoms. The summed E-state index contributed by atoms with van der Waals surface area (Å²) in [6.07, 6.45) is 2.40. The smallest absolute Gasteiger partial charge is 0.330 e. The lowest BCUT2D eigenvalue weighted by atomic mass is 10.1. The number of nitrogens with zero attached hydrogens (tertiary/aromatic N) is 1. The Morgan fingerprint density at radius 3 is 2.59 bits per heavy atom. The van der Waals surface area contributed by atoms with E-state index in [9.17, 15) is 14.9 Å². The predicted octanol–water partition coefficient (Wildman–Crippen LogP) is 3.61. The van der Waals surface area contributed by atoms with Gasteiger partial charge in [-0.25, -0.2) is 4.79 Å². The zero-order valence-electron chi connectivity index (χ0n) is 13.9. The summed E-state index contributed by atoms with van der Waals surface area (Å²) in [5.74, 6) is 0.620. The van der Waals surface area contributed by atoms with Gasteiger partial charge in [-0.05, 0) is 36.4 Å². The third-order valence-electron chi connectivity index (χ3n) is 3.53. The number of nitro benzene ring substituents is 1. The van der Waals surface area contributed by atoms with E-state index in [2.05, 4.69) is 0 Å². The normalized spacial score (nSPS) is 12.2. The third-order valence-corrected chi connectivity index (χ3v) is 3.78. The van der Waals surface area contributed by atoms with Gasteiger partial charge in [0.2, 0.25) is 6.79 Å². The maximum Gasteiger partial charge on any atom is 0.330 e. The largest absolute Gasteiger partial charge is 0.490 e. The van der Waals surface area contributed by atoms with Crippen molar-refractivity contribution in [2.45, 2.75) is 0 Å². The lowest BCUT2D eigenvalue weighted by molar-refractivity contribution is -0.385. The van der Waals surface area contributed by atoms with Crippen molar-refractivity contribution < 1.29 is 28.7 Å². The summed E-state index contributed by atoms with van der Waals surface area (Å²) in [7, 11) is 0. The Kier molecular flexibility index (Phi) is 5.77. The zero-order chi connectivity index (χ0) is 19.2. The lowest BCUT2D eigenvalue weighted by Crippen LogP contribution is -2.10. The van der Waals surface area contributed by atoms with Crippen molar-refractivity contribution in [1.29, 1.82) is 0 Å². The molecule has 0 aromatic heterocycles. The van der Waals surface area contributed by atoms with Gasteiger partial charge in [0.15, 0.2) is 11.5 Å². The molecule has 1 aliphatic heterocycles. The monoisotopic (exact) mass is 391 g/mol. The van der Waals surface area contributed by atoms with E-state index in [0.717, 1.165) is 6.08 Å². The summed E-state index contributed by atoms with van der Waals surface area (Å²) in [5.41, 5.74) is 0.00739. The zero-order valence-corrected chi connectivity index (χ0v) is 14.7. The molecule has 1 heterocycles. The summed E-state index contributed by atoms with van der Waals surface area (Å²) < 4.78 is 20.7. The molecular formula is C18H14ClNO7. The van der Waals surface area contributed by atoms with Gasteiger partial charge in [-0.15, -0.1) is 0 Å². The molecule has 0 amide bonds. The molecule has 140 valence electrons. The van der Waals surface area contributed by atoms with Crippen LogP contribution < -0.4 is 14.2 Å². The minimum absolute atomic E-state index is 0.00465. The second-order valence-corrected chi connectivity index (χ2v) is 5.76. The van der Waals surface area contributed by atoms with Gasteiger partial charge < -0.3 is 18.9 Å². The number of benzene rings is 2. The summed E-state index contributed by atoms with van der Waals surface area (Å²) in [4.78, 5) is 22.4. The van der Waals surface area contributed by atoms with Crippen molar-refractivity contribution in [3.8, 4) is 17.2 Å². The van der Waals surface area contributed by atoms with Crippen molar-refractivity contribution >= 4 is 29.3 Å². The molecule has 2 aromatic carbocycles. The lowest BCUT2D eigenvalue weighted by Gasteiger charge is -2.06. The molecule has 9 heteroatoms. The Morgan fingerprint density at radius 2 is 1.89 bits per heavy atom. The van der Waals surface area contributed by atoms with E-state index in [-0.39, 0.29) is 31.3 Å². The second-order valence-electron chi connectivity index (χ2n) is 5.32. The molecule has 0 N–H and O–H groups in total. The first-order valence-corrected chi connectivity index (χ1v) is 8.22. The Bertz CT molecular complexity index is 880. The quantitative estimate of drug-likeness (QED) is 0.234. The molecule has 0 saturated heterocycles. The molecule has 3 rings (SSSR count). The number of hydrogen-bond donors (Lipinski definition) is 0. The van der Waals surface area contributed by atoms with Gasteiger partial charge in [-0.3, -0.25) is 10.1 Å². The Morgan fingerprint density at radius 1 is 1.19 bits per heavy atom. The molecule has 0 bridgehead atoms. The number of carbonyl (C=O) groups excluding carboxylic acids is 1. The number of fused-ring (bicyclic) bond motifs is 1. The number of nitro groups is 1. The van der Waals surface area contributed by atoms with Crippen LogP contribution in [-0.2, 0) is 9.53 Å². The maximum absolute atomic E-state index is 11.8. The number of hydrogen-bond acceptors (Lipinski definition) is 7. The van der Waals surface area contributed by atoms with E-state index in [1.165, 1.54) is 18.2 Å². The van der Waals surface area contributed by atoms with Crippen molar-refractivity contribution in [1.82, 2.24) is 0 Å². The molecule has 0 unspecified atom stereocenters. The molecule has 8 nitrogen and oxygen atoms in total. The highest BCUT2D eigenvalue weighted by Gasteiger charge is 2.22. The highest BCUT2D eigenvalue weighted by atomic mass is 35.5. The van der Waals surface area contributed by atoms with Crippen LogP contribution in [0.1, 0.15) is 5.56 Å². The summed E-state index contributed by atoms with van der Waals surface area (Å²) in [6, 6.07) is 9.46. The predicted molar refractivity (Wildman–Crippen MR) is 96.2 cm³/mol. The van der Waals surface area contributed by atoms with Gasteiger partial charge in [0.25, 0.3) is 5.69 Å². The first kappa shape index (κ1) is 18.5. The number of rotatable bonds is 7. The molecule has 0 saturated carbocycles. The van der Waals surface area contributed by atoms with Crippen LogP contribution in [0, 0.1) is 10.1 Å². The van der Waals surface area contributed by atoms with Crippen molar-refractivity contribution in [3.63, 3.8) is 0 Å². The van der Waals surface area contributed by atoms with Crippen LogP contribution in [0.5, 0.6) is 17.2 Å². The van der Waals surface area contributed by atoms with E-state index in [1.807, 2.05) is 0 Å². The Hall–Kier alpha value is -3.26. The minimum Gasteiger partial charge on any atom is -0.490 e. The molecule has 27 heavy (non-hydrogen) atoms. The van der Waals surface area contributed by atoms with Gasteiger partial charge >= 0.3 is 5.97 Å². The fourth-order valence-electron chi connectivity index (χ4n) is 2.28. The van der Waals surface area contributed by atoms with Crippen LogP contribution in [0.25, 0.3) is 6.08 Å². The van der Waals surface area contributed by atoms with Crippen LogP contribution in [0.2, 0.25) is 5.02 Å². The van der Waals surface area contributed by atoms with E-state index >= 15 is 0 Å². The SMILES string of the molecule is O=C(/C=C/c1cc2c(cc1[N+](=O)[O-])OCO2)OCCOc1ccc(Cl)cc1. The molecule has 0 radical (unpaired) electrons. The fourth-order valence-corrected chi connectivity index (χ4v) is 2.40. The average molecular weight is 392 g/mol. The Balaban J connectivity index is 1.54. The minimum atomic E-state index is -0.651. The second kappa shape index (κ2) is 8.41. The number of halogens is 1. The third kappa shape index (κ3) is 4.89. The molecule has 0 fully saturated rings. The number of ether oxygens (including phenoxy) is 4. The Labute approximate surface area is 159 Å². The van der Waals surface area contributed by atoms with Gasteiger partial charge in [-0.2, -0.15) is 0 Å².